The van der Waals surface area contributed by atoms with E-state index in [-0.39, 0.29) is 0 Å². The van der Waals surface area contributed by atoms with Crippen molar-refractivity contribution in [3.05, 3.63) is 0 Å². The molecule has 5 nitrogen and oxygen atoms in total. The van der Waals surface area contributed by atoms with Crippen molar-refractivity contribution in [2.75, 3.05) is 0 Å². The van der Waals surface area contributed by atoms with Crippen LogP contribution < -0.4 is 0 Å². The summed E-state index contributed by atoms with van der Waals surface area (Å²) in [6, 6.07) is 0. The quantitative estimate of drug-likeness (QED) is 0.568. The molecular formula is C10H14BrFO5. The molecule has 0 radical (unpaired) electrons. The highest BCUT2D eigenvalue weighted by molar-refractivity contribution is 9.09. The molecular weight excluding hydrogens is 299 g/mol. The molecule has 1 aliphatic rings. The van der Waals surface area contributed by atoms with E-state index < -0.39 is 41.4 Å². The van der Waals surface area contributed by atoms with Gasteiger partial charge in [-0.2, -0.15) is 0 Å². The van der Waals surface area contributed by atoms with Gasteiger partial charge in [-0.05, 0) is 6.92 Å². The van der Waals surface area contributed by atoms with Gasteiger partial charge in [-0.15, -0.1) is 0 Å². The van der Waals surface area contributed by atoms with Crippen LogP contribution in [0.5, 0.6) is 0 Å². The third kappa shape index (κ3) is 3.64. The van der Waals surface area contributed by atoms with Crippen LogP contribution in [-0.2, 0) is 23.8 Å². The Morgan fingerprint density at radius 3 is 2.12 bits per heavy atom. The number of hydrogen-bond donors (Lipinski definition) is 0. The third-order valence-electron chi connectivity index (χ3n) is 2.30. The van der Waals surface area contributed by atoms with Crippen LogP contribution in [0, 0.1) is 0 Å². The third-order valence-corrected chi connectivity index (χ3v) is 3.02. The second-order valence-corrected chi connectivity index (χ2v) is 4.69. The van der Waals surface area contributed by atoms with Crippen LogP contribution in [0.4, 0.5) is 4.39 Å². The highest BCUT2D eigenvalue weighted by Crippen LogP contribution is 2.30. The van der Waals surface area contributed by atoms with Gasteiger partial charge >= 0.3 is 11.9 Å². The lowest BCUT2D eigenvalue weighted by Gasteiger charge is -2.39. The second kappa shape index (κ2) is 5.77. The van der Waals surface area contributed by atoms with Crippen molar-refractivity contribution >= 4 is 27.9 Å². The van der Waals surface area contributed by atoms with Gasteiger partial charge in [0, 0.05) is 13.8 Å². The minimum atomic E-state index is -1.60. The van der Waals surface area contributed by atoms with Crippen molar-refractivity contribution in [3.63, 3.8) is 0 Å². The second-order valence-electron chi connectivity index (χ2n) is 3.78. The summed E-state index contributed by atoms with van der Waals surface area (Å²) in [6.07, 6.45) is -4.27. The van der Waals surface area contributed by atoms with Crippen molar-refractivity contribution < 1.29 is 28.2 Å². The molecule has 1 saturated heterocycles. The molecule has 0 unspecified atom stereocenters. The van der Waals surface area contributed by atoms with Gasteiger partial charge in [0.1, 0.15) is 5.01 Å². The number of rotatable bonds is 2. The van der Waals surface area contributed by atoms with Gasteiger partial charge in [0.25, 0.3) is 0 Å². The Hall–Kier alpha value is -0.690. The molecule has 17 heavy (non-hydrogen) atoms. The number of alkyl halides is 2. The van der Waals surface area contributed by atoms with Crippen molar-refractivity contribution in [2.24, 2.45) is 0 Å². The lowest BCUT2D eigenvalue weighted by atomic mass is 10.0. The van der Waals surface area contributed by atoms with E-state index in [0.717, 1.165) is 0 Å². The molecule has 0 aromatic carbocycles. The average molecular weight is 313 g/mol. The summed E-state index contributed by atoms with van der Waals surface area (Å²) >= 11 is 2.99. The van der Waals surface area contributed by atoms with Gasteiger partial charge in [0.15, 0.2) is 18.4 Å². The normalized spacial score (nSPS) is 37.4. The predicted octanol–water partition coefficient (Wildman–Crippen LogP) is 1.33. The van der Waals surface area contributed by atoms with Crippen molar-refractivity contribution in [3.8, 4) is 0 Å². The molecule has 1 rings (SSSR count). The summed E-state index contributed by atoms with van der Waals surface area (Å²) in [5, 5.41) is -0.895. The van der Waals surface area contributed by atoms with E-state index in [1.807, 2.05) is 0 Å². The number of halogens is 2. The van der Waals surface area contributed by atoms with Crippen LogP contribution >= 0.6 is 15.9 Å². The van der Waals surface area contributed by atoms with E-state index in [4.69, 9.17) is 14.2 Å². The Balaban J connectivity index is 2.86. The minimum absolute atomic E-state index is 0.570. The molecule has 0 spiro atoms. The van der Waals surface area contributed by atoms with Crippen LogP contribution in [0.3, 0.4) is 0 Å². The van der Waals surface area contributed by atoms with Gasteiger partial charge in [-0.3, -0.25) is 9.59 Å². The van der Waals surface area contributed by atoms with Crippen LogP contribution in [0.1, 0.15) is 20.8 Å². The Labute approximate surface area is 107 Å². The average Bonchev–Trinajstić information content (AvgIpc) is 2.19. The van der Waals surface area contributed by atoms with E-state index in [0.29, 0.717) is 0 Å². The number of hydrogen-bond acceptors (Lipinski definition) is 5. The lowest BCUT2D eigenvalue weighted by Crippen LogP contribution is -2.56. The first kappa shape index (κ1) is 14.4. The summed E-state index contributed by atoms with van der Waals surface area (Å²) in [5.41, 5.74) is 0. The van der Waals surface area contributed by atoms with Gasteiger partial charge in [-0.25, -0.2) is 4.39 Å². The predicted molar refractivity (Wildman–Crippen MR) is 59.3 cm³/mol. The topological polar surface area (TPSA) is 61.8 Å². The maximum atomic E-state index is 13.8. The molecule has 1 fully saturated rings. The maximum Gasteiger partial charge on any atom is 0.303 e. The Bertz CT molecular complexity index is 311. The molecule has 0 N–H and O–H groups in total. The van der Waals surface area contributed by atoms with Gasteiger partial charge in [0.05, 0.1) is 6.10 Å². The first-order chi connectivity index (χ1) is 7.82. The van der Waals surface area contributed by atoms with Crippen LogP contribution in [-0.4, -0.2) is 41.4 Å². The fourth-order valence-corrected chi connectivity index (χ4v) is 2.27. The zero-order valence-electron chi connectivity index (χ0n) is 9.68. The van der Waals surface area contributed by atoms with E-state index in [1.54, 1.807) is 6.92 Å². The minimum Gasteiger partial charge on any atom is -0.456 e. The standard InChI is InChI=1S/C10H14BrFO5/c1-4-8(16-5(2)13)9(17-6(3)14)7(12)10(11)15-4/h4,7-10H,1-3H3/t4-,7-,8-,9-,10+/m1/s1. The smallest absolute Gasteiger partial charge is 0.303 e. The van der Waals surface area contributed by atoms with Crippen molar-refractivity contribution in [2.45, 2.75) is 50.3 Å². The first-order valence-corrected chi connectivity index (χ1v) is 6.02. The highest BCUT2D eigenvalue weighted by Gasteiger charge is 2.47. The largest absolute Gasteiger partial charge is 0.456 e. The van der Waals surface area contributed by atoms with Crippen molar-refractivity contribution in [1.82, 2.24) is 0 Å². The molecule has 0 amide bonds. The van der Waals surface area contributed by atoms with Gasteiger partial charge in [-0.1, -0.05) is 15.9 Å². The van der Waals surface area contributed by atoms with E-state index >= 15 is 0 Å². The summed E-state index contributed by atoms with van der Waals surface area (Å²) in [6.45, 7) is 3.98. The molecule has 1 heterocycles. The highest BCUT2D eigenvalue weighted by atomic mass is 79.9. The van der Waals surface area contributed by atoms with E-state index in [2.05, 4.69) is 15.9 Å². The summed E-state index contributed by atoms with van der Waals surface area (Å²) in [4.78, 5) is 21.8. The Morgan fingerprint density at radius 2 is 1.65 bits per heavy atom. The fourth-order valence-electron chi connectivity index (χ4n) is 1.63. The molecule has 0 saturated carbocycles. The number of esters is 2. The van der Waals surface area contributed by atoms with Crippen LogP contribution in [0.25, 0.3) is 0 Å². The number of carbonyl (C=O) groups is 2. The van der Waals surface area contributed by atoms with E-state index in [9.17, 15) is 14.0 Å². The molecule has 0 aromatic heterocycles. The van der Waals surface area contributed by atoms with Crippen LogP contribution in [0.2, 0.25) is 0 Å². The zero-order chi connectivity index (χ0) is 13.2. The van der Waals surface area contributed by atoms with Crippen LogP contribution in [0.15, 0.2) is 0 Å². The monoisotopic (exact) mass is 312 g/mol. The zero-order valence-corrected chi connectivity index (χ0v) is 11.3. The fraction of sp³-hybridized carbons (Fsp3) is 0.800. The van der Waals surface area contributed by atoms with Gasteiger partial charge < -0.3 is 14.2 Å². The first-order valence-electron chi connectivity index (χ1n) is 5.11. The van der Waals surface area contributed by atoms with E-state index in [1.165, 1.54) is 13.8 Å². The molecule has 5 atom stereocenters. The lowest BCUT2D eigenvalue weighted by molar-refractivity contribution is -0.209. The number of ether oxygens (including phenoxy) is 3. The Kier molecular flexibility index (Phi) is 4.88. The summed E-state index contributed by atoms with van der Waals surface area (Å²) in [7, 11) is 0. The number of carbonyl (C=O) groups excluding carboxylic acids is 2. The van der Waals surface area contributed by atoms with Gasteiger partial charge in [0.2, 0.25) is 0 Å². The maximum absolute atomic E-state index is 13.8. The Morgan fingerprint density at radius 1 is 1.18 bits per heavy atom. The summed E-state index contributed by atoms with van der Waals surface area (Å²) < 4.78 is 28.8. The molecule has 98 valence electrons. The molecule has 0 aromatic rings. The molecule has 7 heteroatoms. The molecule has 0 bridgehead atoms. The summed E-state index contributed by atoms with van der Waals surface area (Å²) in [5.74, 6) is -1.22. The molecule has 0 aliphatic carbocycles. The SMILES string of the molecule is CC(=O)O[C@@H]1[C@@H](F)[C@@H](Br)O[C@H](C)[C@H]1OC(C)=O. The van der Waals surface area contributed by atoms with Crippen molar-refractivity contribution in [1.29, 1.82) is 0 Å². The molecule has 1 aliphatic heterocycles.